The molecule has 1 aliphatic rings. The van der Waals surface area contributed by atoms with Gasteiger partial charge in [0.15, 0.2) is 0 Å². The van der Waals surface area contributed by atoms with Crippen molar-refractivity contribution in [3.63, 3.8) is 0 Å². The number of carbonyl (C=O) groups is 1. The van der Waals surface area contributed by atoms with E-state index in [0.717, 1.165) is 31.7 Å². The Bertz CT molecular complexity index is 437. The largest absolute Gasteiger partial charge is 0.493 e. The Kier molecular flexibility index (Phi) is 6.05. The second-order valence-corrected chi connectivity index (χ2v) is 5.93. The second kappa shape index (κ2) is 8.03. The molecule has 0 spiro atoms. The fourth-order valence-electron chi connectivity index (χ4n) is 2.49. The number of benzene rings is 1. The van der Waals surface area contributed by atoms with Gasteiger partial charge in [-0.25, -0.2) is 0 Å². The molecule has 1 aromatic carbocycles. The standard InChI is InChI=1S/C17H26N2O2/c1-13(2)14-5-7-16(8-6-14)21-11-9-17(20)19-15-4-3-10-18-12-15/h5-8,13,15,18H,3-4,9-12H2,1-2H3,(H,19,20). The minimum Gasteiger partial charge on any atom is -0.493 e. The zero-order valence-electron chi connectivity index (χ0n) is 13.0. The minimum absolute atomic E-state index is 0.0718. The normalized spacial score (nSPS) is 18.5. The van der Waals surface area contributed by atoms with Crippen molar-refractivity contribution in [1.29, 1.82) is 0 Å². The third-order valence-electron chi connectivity index (χ3n) is 3.81. The van der Waals surface area contributed by atoms with Crippen LogP contribution in [-0.4, -0.2) is 31.6 Å². The summed E-state index contributed by atoms with van der Waals surface area (Å²) in [7, 11) is 0. The van der Waals surface area contributed by atoms with E-state index >= 15 is 0 Å². The van der Waals surface area contributed by atoms with E-state index in [1.54, 1.807) is 0 Å². The van der Waals surface area contributed by atoms with Gasteiger partial charge in [0.05, 0.1) is 13.0 Å². The topological polar surface area (TPSA) is 50.4 Å². The summed E-state index contributed by atoms with van der Waals surface area (Å²) >= 11 is 0. The van der Waals surface area contributed by atoms with Gasteiger partial charge in [-0.15, -0.1) is 0 Å². The molecule has 0 saturated carbocycles. The van der Waals surface area contributed by atoms with Gasteiger partial charge in [0.25, 0.3) is 0 Å². The second-order valence-electron chi connectivity index (χ2n) is 5.93. The summed E-state index contributed by atoms with van der Waals surface area (Å²) in [5, 5.41) is 6.34. The molecule has 0 radical (unpaired) electrons. The van der Waals surface area contributed by atoms with Crippen LogP contribution in [0.1, 0.15) is 44.6 Å². The molecule has 2 rings (SSSR count). The van der Waals surface area contributed by atoms with Gasteiger partial charge in [-0.2, -0.15) is 0 Å². The van der Waals surface area contributed by atoms with Gasteiger partial charge in [0.1, 0.15) is 5.75 Å². The molecule has 1 atom stereocenters. The number of rotatable bonds is 6. The molecule has 0 aliphatic carbocycles. The van der Waals surface area contributed by atoms with Gasteiger partial charge < -0.3 is 15.4 Å². The molecule has 1 aromatic rings. The lowest BCUT2D eigenvalue weighted by Crippen LogP contribution is -2.45. The Hall–Kier alpha value is -1.55. The quantitative estimate of drug-likeness (QED) is 0.846. The molecule has 1 unspecified atom stereocenters. The maximum atomic E-state index is 11.8. The summed E-state index contributed by atoms with van der Waals surface area (Å²) in [4.78, 5) is 11.8. The lowest BCUT2D eigenvalue weighted by atomic mass is 10.0. The van der Waals surface area contributed by atoms with Crippen molar-refractivity contribution in [3.8, 4) is 5.75 Å². The van der Waals surface area contributed by atoms with Crippen LogP contribution in [0.4, 0.5) is 0 Å². The summed E-state index contributed by atoms with van der Waals surface area (Å²) in [6, 6.07) is 8.37. The molecule has 1 amide bonds. The van der Waals surface area contributed by atoms with E-state index in [2.05, 4.69) is 36.6 Å². The van der Waals surface area contributed by atoms with Crippen molar-refractivity contribution in [3.05, 3.63) is 29.8 Å². The summed E-state index contributed by atoms with van der Waals surface area (Å²) in [6.45, 7) is 6.69. The summed E-state index contributed by atoms with van der Waals surface area (Å²) in [5.41, 5.74) is 1.30. The first-order chi connectivity index (χ1) is 10.1. The third-order valence-corrected chi connectivity index (χ3v) is 3.81. The number of amides is 1. The van der Waals surface area contributed by atoms with Gasteiger partial charge in [0, 0.05) is 12.6 Å². The molecule has 21 heavy (non-hydrogen) atoms. The van der Waals surface area contributed by atoms with Crippen LogP contribution in [-0.2, 0) is 4.79 Å². The van der Waals surface area contributed by atoms with Crippen LogP contribution in [0.5, 0.6) is 5.75 Å². The predicted octanol–water partition coefficient (Wildman–Crippen LogP) is 2.45. The fourth-order valence-corrected chi connectivity index (χ4v) is 2.49. The molecule has 0 bridgehead atoms. The van der Waals surface area contributed by atoms with Gasteiger partial charge in [-0.1, -0.05) is 26.0 Å². The van der Waals surface area contributed by atoms with E-state index < -0.39 is 0 Å². The number of hydrogen-bond acceptors (Lipinski definition) is 3. The van der Waals surface area contributed by atoms with E-state index in [9.17, 15) is 4.79 Å². The Labute approximate surface area is 127 Å². The Morgan fingerprint density at radius 1 is 1.38 bits per heavy atom. The summed E-state index contributed by atoms with van der Waals surface area (Å²) < 4.78 is 5.62. The van der Waals surface area contributed by atoms with E-state index in [-0.39, 0.29) is 11.9 Å². The smallest absolute Gasteiger partial charge is 0.223 e. The first-order valence-electron chi connectivity index (χ1n) is 7.88. The number of nitrogens with one attached hydrogen (secondary N) is 2. The molecule has 1 heterocycles. The molecular formula is C17H26N2O2. The van der Waals surface area contributed by atoms with E-state index in [1.165, 1.54) is 5.56 Å². The molecule has 4 heteroatoms. The highest BCUT2D eigenvalue weighted by Crippen LogP contribution is 2.18. The van der Waals surface area contributed by atoms with Crippen LogP contribution in [0.2, 0.25) is 0 Å². The van der Waals surface area contributed by atoms with Crippen LogP contribution < -0.4 is 15.4 Å². The minimum atomic E-state index is 0.0718. The molecule has 1 saturated heterocycles. The lowest BCUT2D eigenvalue weighted by Gasteiger charge is -2.23. The highest BCUT2D eigenvalue weighted by molar-refractivity contribution is 5.76. The molecule has 4 nitrogen and oxygen atoms in total. The van der Waals surface area contributed by atoms with Crippen molar-refractivity contribution >= 4 is 5.91 Å². The van der Waals surface area contributed by atoms with Gasteiger partial charge in [-0.05, 0) is 43.0 Å². The molecule has 0 aromatic heterocycles. The third kappa shape index (κ3) is 5.38. The average Bonchev–Trinajstić information content (AvgIpc) is 2.49. The zero-order chi connectivity index (χ0) is 15.1. The maximum absolute atomic E-state index is 11.8. The van der Waals surface area contributed by atoms with Crippen LogP contribution in [0, 0.1) is 0 Å². The van der Waals surface area contributed by atoms with Gasteiger partial charge in [0.2, 0.25) is 5.91 Å². The highest BCUT2D eigenvalue weighted by Gasteiger charge is 2.14. The van der Waals surface area contributed by atoms with Crippen molar-refractivity contribution in [1.82, 2.24) is 10.6 Å². The zero-order valence-corrected chi connectivity index (χ0v) is 13.0. The SMILES string of the molecule is CC(C)c1ccc(OCCC(=O)NC2CCCNC2)cc1. The van der Waals surface area contributed by atoms with E-state index in [1.807, 2.05) is 12.1 Å². The Morgan fingerprint density at radius 2 is 2.14 bits per heavy atom. The number of carbonyl (C=O) groups excluding carboxylic acids is 1. The average molecular weight is 290 g/mol. The molecule has 116 valence electrons. The highest BCUT2D eigenvalue weighted by atomic mass is 16.5. The van der Waals surface area contributed by atoms with Crippen molar-refractivity contribution < 1.29 is 9.53 Å². The first kappa shape index (κ1) is 15.8. The summed E-state index contributed by atoms with van der Waals surface area (Å²) in [5.74, 6) is 1.42. The van der Waals surface area contributed by atoms with Crippen LogP contribution in [0.15, 0.2) is 24.3 Å². The van der Waals surface area contributed by atoms with Crippen LogP contribution in [0.3, 0.4) is 0 Å². The maximum Gasteiger partial charge on any atom is 0.223 e. The first-order valence-corrected chi connectivity index (χ1v) is 7.88. The molecule has 2 N–H and O–H groups in total. The number of ether oxygens (including phenoxy) is 1. The Morgan fingerprint density at radius 3 is 2.76 bits per heavy atom. The van der Waals surface area contributed by atoms with E-state index in [4.69, 9.17) is 4.74 Å². The van der Waals surface area contributed by atoms with E-state index in [0.29, 0.717) is 18.9 Å². The Balaban J connectivity index is 1.67. The monoisotopic (exact) mass is 290 g/mol. The molecule has 1 aliphatic heterocycles. The molecular weight excluding hydrogens is 264 g/mol. The van der Waals surface area contributed by atoms with Gasteiger partial charge in [-0.3, -0.25) is 4.79 Å². The van der Waals surface area contributed by atoms with Gasteiger partial charge >= 0.3 is 0 Å². The predicted molar refractivity (Wildman–Crippen MR) is 84.7 cm³/mol. The molecule has 1 fully saturated rings. The van der Waals surface area contributed by atoms with Crippen molar-refractivity contribution in [2.24, 2.45) is 0 Å². The fraction of sp³-hybridized carbons (Fsp3) is 0.588. The van der Waals surface area contributed by atoms with Crippen LogP contribution in [0.25, 0.3) is 0 Å². The van der Waals surface area contributed by atoms with Crippen molar-refractivity contribution in [2.45, 2.75) is 45.1 Å². The number of hydrogen-bond donors (Lipinski definition) is 2. The van der Waals surface area contributed by atoms with Crippen LogP contribution >= 0.6 is 0 Å². The van der Waals surface area contributed by atoms with Crippen molar-refractivity contribution in [2.75, 3.05) is 19.7 Å². The summed E-state index contributed by atoms with van der Waals surface area (Å²) in [6.07, 6.45) is 2.60. The number of piperidine rings is 1. The lowest BCUT2D eigenvalue weighted by molar-refractivity contribution is -0.122.